The van der Waals surface area contributed by atoms with E-state index in [2.05, 4.69) is 20.3 Å². The van der Waals surface area contributed by atoms with Crippen molar-refractivity contribution in [1.29, 1.82) is 0 Å². The number of rotatable bonds is 6. The number of alkyl halides is 3. The molecule has 9 heteroatoms. The molecule has 0 spiro atoms. The quantitative estimate of drug-likeness (QED) is 0.781. The van der Waals surface area contributed by atoms with Gasteiger partial charge in [-0.15, -0.1) is 0 Å². The molecule has 1 unspecified atom stereocenters. The van der Waals surface area contributed by atoms with Crippen LogP contribution in [0.15, 0.2) is 24.5 Å². The molecule has 1 aliphatic heterocycles. The Bertz CT molecular complexity index is 707. The number of likely N-dealkylation sites (tertiary alicyclic amines) is 1. The number of hydrogen-bond donors (Lipinski definition) is 1. The Labute approximate surface area is 148 Å². The van der Waals surface area contributed by atoms with Crippen LogP contribution in [0.5, 0.6) is 0 Å². The fraction of sp³-hybridized carbons (Fsp3) is 0.500. The second kappa shape index (κ2) is 8.05. The van der Waals surface area contributed by atoms with Crippen molar-refractivity contribution in [1.82, 2.24) is 19.7 Å². The molecule has 25 heavy (non-hydrogen) atoms. The van der Waals surface area contributed by atoms with Gasteiger partial charge in [0.15, 0.2) is 0 Å². The lowest BCUT2D eigenvalue weighted by molar-refractivity contribution is 0.0568. The van der Waals surface area contributed by atoms with Crippen molar-refractivity contribution in [3.8, 4) is 11.3 Å². The van der Waals surface area contributed by atoms with Crippen molar-refractivity contribution in [2.75, 3.05) is 31.6 Å². The highest BCUT2D eigenvalue weighted by Crippen LogP contribution is 2.30. The molecule has 0 amide bonds. The fourth-order valence-electron chi connectivity index (χ4n) is 3.06. The number of anilines is 1. The summed E-state index contributed by atoms with van der Waals surface area (Å²) < 4.78 is 38.7. The van der Waals surface area contributed by atoms with Gasteiger partial charge in [-0.05, 0) is 31.5 Å². The predicted molar refractivity (Wildman–Crippen MR) is 90.8 cm³/mol. The van der Waals surface area contributed by atoms with E-state index < -0.39 is 6.55 Å². The SMILES string of the molecule is FCCN1CCCC(Nc2cc(Cl)ncc2-c2ccn(C(F)F)n2)C1. The van der Waals surface area contributed by atoms with Gasteiger partial charge in [-0.3, -0.25) is 4.90 Å². The Hall–Kier alpha value is -1.80. The first kappa shape index (κ1) is 18.0. The van der Waals surface area contributed by atoms with E-state index in [1.165, 1.54) is 18.5 Å². The van der Waals surface area contributed by atoms with Crippen LogP contribution in [-0.4, -0.2) is 52.0 Å². The van der Waals surface area contributed by atoms with Crippen molar-refractivity contribution < 1.29 is 13.2 Å². The van der Waals surface area contributed by atoms with E-state index in [1.54, 1.807) is 6.07 Å². The molecule has 2 aromatic heterocycles. The number of piperidine rings is 1. The third-order valence-corrected chi connectivity index (χ3v) is 4.43. The largest absolute Gasteiger partial charge is 0.380 e. The zero-order valence-corrected chi connectivity index (χ0v) is 14.3. The smallest absolute Gasteiger partial charge is 0.333 e. The van der Waals surface area contributed by atoms with Crippen molar-refractivity contribution in [2.45, 2.75) is 25.4 Å². The van der Waals surface area contributed by atoms with Crippen molar-refractivity contribution in [3.63, 3.8) is 0 Å². The Morgan fingerprint density at radius 1 is 1.40 bits per heavy atom. The second-order valence-electron chi connectivity index (χ2n) is 5.98. The molecule has 2 aromatic rings. The minimum atomic E-state index is -2.70. The fourth-order valence-corrected chi connectivity index (χ4v) is 3.22. The van der Waals surface area contributed by atoms with Crippen LogP contribution < -0.4 is 5.32 Å². The highest BCUT2D eigenvalue weighted by atomic mass is 35.5. The molecule has 0 aliphatic carbocycles. The Morgan fingerprint density at radius 3 is 2.96 bits per heavy atom. The average Bonchev–Trinajstić information content (AvgIpc) is 3.06. The predicted octanol–water partition coefficient (Wildman–Crippen LogP) is 3.84. The lowest BCUT2D eigenvalue weighted by Gasteiger charge is -2.33. The normalized spacial score (nSPS) is 18.7. The number of aromatic nitrogens is 3. The lowest BCUT2D eigenvalue weighted by atomic mass is 10.0. The molecule has 1 saturated heterocycles. The van der Waals surface area contributed by atoms with Gasteiger partial charge < -0.3 is 5.32 Å². The van der Waals surface area contributed by atoms with E-state index in [-0.39, 0.29) is 12.7 Å². The van der Waals surface area contributed by atoms with E-state index in [0.717, 1.165) is 25.9 Å². The van der Waals surface area contributed by atoms with E-state index in [0.29, 0.717) is 33.3 Å². The highest BCUT2D eigenvalue weighted by molar-refractivity contribution is 6.29. The van der Waals surface area contributed by atoms with Gasteiger partial charge in [0, 0.05) is 42.8 Å². The topological polar surface area (TPSA) is 46.0 Å². The molecule has 1 aliphatic rings. The van der Waals surface area contributed by atoms with Crippen LogP contribution in [-0.2, 0) is 0 Å². The summed E-state index contributed by atoms with van der Waals surface area (Å²) in [6.07, 6.45) is 4.65. The van der Waals surface area contributed by atoms with Crippen LogP contribution in [0.1, 0.15) is 19.4 Å². The van der Waals surface area contributed by atoms with Crippen LogP contribution in [0.3, 0.4) is 0 Å². The van der Waals surface area contributed by atoms with Gasteiger partial charge in [-0.1, -0.05) is 11.6 Å². The lowest BCUT2D eigenvalue weighted by Crippen LogP contribution is -2.42. The number of nitrogens with one attached hydrogen (secondary N) is 1. The van der Waals surface area contributed by atoms with Gasteiger partial charge in [0.2, 0.25) is 0 Å². The molecular weight excluding hydrogens is 355 g/mol. The van der Waals surface area contributed by atoms with Crippen molar-refractivity contribution in [3.05, 3.63) is 29.7 Å². The van der Waals surface area contributed by atoms with E-state index in [1.807, 2.05) is 0 Å². The minimum absolute atomic E-state index is 0.120. The maximum Gasteiger partial charge on any atom is 0.333 e. The van der Waals surface area contributed by atoms with Gasteiger partial charge in [0.1, 0.15) is 11.8 Å². The van der Waals surface area contributed by atoms with Crippen LogP contribution in [0.4, 0.5) is 18.9 Å². The first-order valence-electron chi connectivity index (χ1n) is 8.11. The summed E-state index contributed by atoms with van der Waals surface area (Å²) in [6.45, 7) is -1.05. The van der Waals surface area contributed by atoms with E-state index in [4.69, 9.17) is 11.6 Å². The van der Waals surface area contributed by atoms with E-state index >= 15 is 0 Å². The summed E-state index contributed by atoms with van der Waals surface area (Å²) in [6, 6.07) is 3.29. The molecule has 0 radical (unpaired) electrons. The number of nitrogens with zero attached hydrogens (tertiary/aromatic N) is 4. The van der Waals surface area contributed by atoms with Gasteiger partial charge in [-0.25, -0.2) is 14.1 Å². The minimum Gasteiger partial charge on any atom is -0.380 e. The average molecular weight is 374 g/mol. The summed E-state index contributed by atoms with van der Waals surface area (Å²) >= 11 is 6.00. The van der Waals surface area contributed by atoms with Crippen LogP contribution in [0, 0.1) is 0 Å². The van der Waals surface area contributed by atoms with Crippen molar-refractivity contribution in [2.24, 2.45) is 0 Å². The van der Waals surface area contributed by atoms with Crippen LogP contribution >= 0.6 is 11.6 Å². The zero-order valence-electron chi connectivity index (χ0n) is 13.5. The molecular formula is C16H19ClF3N5. The first-order valence-corrected chi connectivity index (χ1v) is 8.48. The Morgan fingerprint density at radius 2 is 2.24 bits per heavy atom. The summed E-state index contributed by atoms with van der Waals surface area (Å²) in [7, 11) is 0. The maximum absolute atomic E-state index is 12.8. The Kier molecular flexibility index (Phi) is 5.80. The molecule has 136 valence electrons. The second-order valence-corrected chi connectivity index (χ2v) is 6.37. The summed E-state index contributed by atoms with van der Waals surface area (Å²) in [5.74, 6) is 0. The third-order valence-electron chi connectivity index (χ3n) is 4.22. The number of hydrogen-bond acceptors (Lipinski definition) is 4. The molecule has 0 aromatic carbocycles. The molecule has 0 bridgehead atoms. The van der Waals surface area contributed by atoms with Crippen LogP contribution in [0.2, 0.25) is 5.15 Å². The molecule has 0 saturated carbocycles. The van der Waals surface area contributed by atoms with Gasteiger partial charge in [0.25, 0.3) is 0 Å². The van der Waals surface area contributed by atoms with Crippen molar-refractivity contribution >= 4 is 17.3 Å². The third kappa shape index (κ3) is 4.43. The number of halogens is 4. The first-order chi connectivity index (χ1) is 12.1. The molecule has 5 nitrogen and oxygen atoms in total. The summed E-state index contributed by atoms with van der Waals surface area (Å²) in [5, 5.41) is 7.58. The Balaban J connectivity index is 1.81. The standard InChI is InChI=1S/C16H19ClF3N5/c17-15-8-14(22-11-2-1-5-24(10-11)7-4-18)12(9-21-15)13-3-6-25(23-13)16(19)20/h3,6,8-9,11,16H,1-2,4-5,7,10H2,(H,21,22). The van der Waals surface area contributed by atoms with Gasteiger partial charge in [0.05, 0.1) is 5.69 Å². The highest BCUT2D eigenvalue weighted by Gasteiger charge is 2.21. The van der Waals surface area contributed by atoms with Gasteiger partial charge >= 0.3 is 6.55 Å². The summed E-state index contributed by atoms with van der Waals surface area (Å²) in [4.78, 5) is 6.10. The molecule has 3 heterocycles. The summed E-state index contributed by atoms with van der Waals surface area (Å²) in [5.41, 5.74) is 1.68. The molecule has 1 N–H and O–H groups in total. The molecule has 1 atom stereocenters. The molecule has 1 fully saturated rings. The van der Waals surface area contributed by atoms with Crippen LogP contribution in [0.25, 0.3) is 11.3 Å². The van der Waals surface area contributed by atoms with Gasteiger partial charge in [-0.2, -0.15) is 13.9 Å². The van der Waals surface area contributed by atoms with E-state index in [9.17, 15) is 13.2 Å². The number of pyridine rings is 1. The zero-order chi connectivity index (χ0) is 17.8. The monoisotopic (exact) mass is 373 g/mol. The maximum atomic E-state index is 12.8. The molecule has 3 rings (SSSR count).